The molecule has 0 fully saturated rings. The first-order chi connectivity index (χ1) is 29.7. The summed E-state index contributed by atoms with van der Waals surface area (Å²) in [5, 5.41) is 37.6. The van der Waals surface area contributed by atoms with Gasteiger partial charge in [0.25, 0.3) is 0 Å². The van der Waals surface area contributed by atoms with Gasteiger partial charge in [0.2, 0.25) is 65.0 Å². The van der Waals surface area contributed by atoms with Gasteiger partial charge in [-0.1, -0.05) is 30.3 Å². The summed E-state index contributed by atoms with van der Waals surface area (Å²) in [4.78, 5) is 138. The van der Waals surface area contributed by atoms with E-state index < -0.39 is 146 Å². The predicted octanol–water partition coefficient (Wildman–Crippen LogP) is -8.54. The largest absolute Gasteiger partial charge is 0.394 e. The zero-order chi connectivity index (χ0) is 47.6. The number of nitrogens with two attached hydrogens (primary N) is 5. The van der Waals surface area contributed by atoms with E-state index in [1.165, 1.54) is 6.92 Å². The molecule has 0 saturated heterocycles. The first-order valence-corrected chi connectivity index (χ1v) is 19.7. The van der Waals surface area contributed by atoms with E-state index in [0.29, 0.717) is 24.9 Å². The molecule has 0 aliphatic heterocycles. The molecule has 1 aromatic rings. The Hall–Kier alpha value is -6.77. The summed E-state index contributed by atoms with van der Waals surface area (Å²) >= 11 is 0. The highest BCUT2D eigenvalue weighted by molar-refractivity contribution is 5.98. The third-order valence-corrected chi connectivity index (χ3v) is 8.81. The number of nitrogens with one attached hydrogen (secondary N) is 8. The number of hydrogen-bond acceptors (Lipinski definition) is 15. The second kappa shape index (κ2) is 28.7. The Kier molecular flexibility index (Phi) is 24.7. The van der Waals surface area contributed by atoms with Crippen LogP contribution in [0.5, 0.6) is 0 Å². The van der Waals surface area contributed by atoms with Crippen molar-refractivity contribution >= 4 is 65.0 Å². The molecule has 26 nitrogen and oxygen atoms in total. The minimum absolute atomic E-state index is 0.0285. The molecular formula is C37H59N13O13. The molecule has 350 valence electrons. The van der Waals surface area contributed by atoms with Crippen LogP contribution in [0.3, 0.4) is 0 Å². The minimum atomic E-state index is -1.73. The molecule has 0 saturated carbocycles. The fourth-order valence-electron chi connectivity index (χ4n) is 5.36. The Morgan fingerprint density at radius 1 is 0.556 bits per heavy atom. The topological polar surface area (TPSA) is 455 Å². The molecule has 0 aromatic heterocycles. The molecule has 63 heavy (non-hydrogen) atoms. The zero-order valence-corrected chi connectivity index (χ0v) is 34.7. The van der Waals surface area contributed by atoms with E-state index in [9.17, 15) is 63.0 Å². The van der Waals surface area contributed by atoms with Gasteiger partial charge in [-0.05, 0) is 44.7 Å². The normalized spacial score (nSPS) is 14.0. The van der Waals surface area contributed by atoms with Crippen molar-refractivity contribution in [3.05, 3.63) is 35.9 Å². The lowest BCUT2D eigenvalue weighted by molar-refractivity contribution is -0.135. The van der Waals surface area contributed by atoms with E-state index in [4.69, 9.17) is 28.7 Å². The van der Waals surface area contributed by atoms with Gasteiger partial charge in [0.1, 0.15) is 36.3 Å². The Morgan fingerprint density at radius 3 is 1.59 bits per heavy atom. The first kappa shape index (κ1) is 54.2. The average Bonchev–Trinajstić information content (AvgIpc) is 3.23. The molecule has 0 aliphatic rings. The molecule has 7 atom stereocenters. The summed E-state index contributed by atoms with van der Waals surface area (Å²) < 4.78 is 0. The van der Waals surface area contributed by atoms with Crippen molar-refractivity contribution in [2.75, 3.05) is 32.8 Å². The number of benzene rings is 1. The fourth-order valence-corrected chi connectivity index (χ4v) is 5.36. The van der Waals surface area contributed by atoms with Gasteiger partial charge < -0.3 is 81.4 Å². The predicted molar refractivity (Wildman–Crippen MR) is 220 cm³/mol. The minimum Gasteiger partial charge on any atom is -0.394 e. The molecule has 1 aromatic carbocycles. The standard InChI is InChI=1S/C37H59N13O13/c1-19(39)32(58)46-21(9-5-6-12-38)34(60)50-26(18-52)37(63)47-22(10-11-27(40)53)33(59)44-15-29(55)43-16-30(56)45-25(17-51)36(62)49-24(14-28(41)54)35(61)48-23(31(42)57)13-20-7-3-2-4-8-20/h2-4,7-8,19,21-26,51-52H,5-6,9-18,38-39H2,1H3,(H2,40,53)(H2,41,54)(H2,42,57)(H,43,55)(H,44,59)(H,45,56)(H,46,58)(H,47,63)(H,48,61)(H,49,62)(H,50,60)/t19-,21-,22-,23-,24-,25-,26-/m0/s1. The van der Waals surface area contributed by atoms with Crippen LogP contribution in [0.15, 0.2) is 30.3 Å². The molecule has 0 unspecified atom stereocenters. The molecule has 11 amide bonds. The number of unbranched alkanes of at least 4 members (excludes halogenated alkanes) is 1. The van der Waals surface area contributed by atoms with Crippen LogP contribution < -0.4 is 71.2 Å². The quantitative estimate of drug-likeness (QED) is 0.0319. The Morgan fingerprint density at radius 2 is 1.05 bits per heavy atom. The van der Waals surface area contributed by atoms with Crippen molar-refractivity contribution in [2.45, 2.75) is 94.2 Å². The van der Waals surface area contributed by atoms with E-state index in [1.54, 1.807) is 30.3 Å². The third-order valence-electron chi connectivity index (χ3n) is 8.81. The Bertz CT molecular complexity index is 1770. The monoisotopic (exact) mass is 893 g/mol. The molecular weight excluding hydrogens is 834 g/mol. The van der Waals surface area contributed by atoms with Crippen molar-refractivity contribution in [3.63, 3.8) is 0 Å². The molecule has 0 bridgehead atoms. The maximum atomic E-state index is 13.1. The van der Waals surface area contributed by atoms with Crippen LogP contribution in [0.25, 0.3) is 0 Å². The summed E-state index contributed by atoms with van der Waals surface area (Å²) in [5.74, 6) is -10.6. The Balaban J connectivity index is 2.86. The number of hydrogen-bond donors (Lipinski definition) is 15. The van der Waals surface area contributed by atoms with E-state index in [0.717, 1.165) is 0 Å². The van der Waals surface area contributed by atoms with Gasteiger partial charge in [-0.25, -0.2) is 0 Å². The van der Waals surface area contributed by atoms with Gasteiger partial charge in [-0.2, -0.15) is 0 Å². The van der Waals surface area contributed by atoms with Gasteiger partial charge in [0, 0.05) is 12.8 Å². The lowest BCUT2D eigenvalue weighted by atomic mass is 10.0. The van der Waals surface area contributed by atoms with Crippen LogP contribution in [-0.4, -0.2) is 150 Å². The van der Waals surface area contributed by atoms with Gasteiger partial charge in [-0.3, -0.25) is 52.7 Å². The molecule has 0 aliphatic carbocycles. The summed E-state index contributed by atoms with van der Waals surface area (Å²) in [6.45, 7) is -1.91. The molecule has 1 rings (SSSR count). The van der Waals surface area contributed by atoms with Crippen molar-refractivity contribution in [2.24, 2.45) is 28.7 Å². The van der Waals surface area contributed by atoms with E-state index >= 15 is 0 Å². The van der Waals surface area contributed by atoms with Crippen LogP contribution in [0.1, 0.15) is 51.0 Å². The van der Waals surface area contributed by atoms with E-state index in [2.05, 4.69) is 42.5 Å². The van der Waals surface area contributed by atoms with Crippen molar-refractivity contribution in [1.29, 1.82) is 0 Å². The van der Waals surface area contributed by atoms with Crippen LogP contribution in [0, 0.1) is 0 Å². The van der Waals surface area contributed by atoms with Gasteiger partial charge in [-0.15, -0.1) is 0 Å². The number of rotatable bonds is 30. The van der Waals surface area contributed by atoms with E-state index in [1.807, 2.05) is 0 Å². The molecule has 20 N–H and O–H groups in total. The van der Waals surface area contributed by atoms with Crippen LogP contribution in [0.4, 0.5) is 0 Å². The number of aliphatic hydroxyl groups is 2. The van der Waals surface area contributed by atoms with E-state index in [-0.39, 0.29) is 19.3 Å². The summed E-state index contributed by atoms with van der Waals surface area (Å²) in [7, 11) is 0. The lowest BCUT2D eigenvalue weighted by Gasteiger charge is -2.24. The summed E-state index contributed by atoms with van der Waals surface area (Å²) in [6, 6.07) is -1.53. The van der Waals surface area contributed by atoms with Crippen molar-refractivity contribution in [1.82, 2.24) is 42.5 Å². The SMILES string of the molecule is C[C@H](N)C(=O)N[C@@H](CCCCN)C(=O)N[C@@H](CO)C(=O)N[C@@H](CCC(N)=O)C(=O)NCC(=O)NCC(=O)N[C@@H](CO)C(=O)N[C@@H](CC(N)=O)C(=O)N[C@@H](Cc1ccccc1)C(N)=O. The molecule has 0 spiro atoms. The highest BCUT2D eigenvalue weighted by atomic mass is 16.3. The van der Waals surface area contributed by atoms with Gasteiger partial charge >= 0.3 is 0 Å². The molecule has 0 radical (unpaired) electrons. The maximum Gasteiger partial charge on any atom is 0.245 e. The second-order valence-corrected chi connectivity index (χ2v) is 14.1. The smallest absolute Gasteiger partial charge is 0.245 e. The first-order valence-electron chi connectivity index (χ1n) is 19.7. The highest BCUT2D eigenvalue weighted by Crippen LogP contribution is 2.06. The summed E-state index contributed by atoms with van der Waals surface area (Å²) in [5.41, 5.74) is 27.6. The third kappa shape index (κ3) is 21.5. The molecule has 26 heteroatoms. The number of primary amides is 3. The van der Waals surface area contributed by atoms with Gasteiger partial charge in [0.05, 0.1) is 38.8 Å². The van der Waals surface area contributed by atoms with Crippen molar-refractivity contribution in [3.8, 4) is 0 Å². The number of carbonyl (C=O) groups excluding carboxylic acids is 11. The Labute approximate surface area is 361 Å². The van der Waals surface area contributed by atoms with Crippen LogP contribution in [-0.2, 0) is 59.2 Å². The maximum absolute atomic E-state index is 13.1. The number of amides is 11. The number of aliphatic hydroxyl groups excluding tert-OH is 2. The second-order valence-electron chi connectivity index (χ2n) is 14.1. The van der Waals surface area contributed by atoms with Crippen LogP contribution in [0.2, 0.25) is 0 Å². The zero-order valence-electron chi connectivity index (χ0n) is 34.7. The van der Waals surface area contributed by atoms with Gasteiger partial charge in [0.15, 0.2) is 0 Å². The fraction of sp³-hybridized carbons (Fsp3) is 0.541. The van der Waals surface area contributed by atoms with Crippen molar-refractivity contribution < 1.29 is 63.0 Å². The van der Waals surface area contributed by atoms with Crippen LogP contribution >= 0.6 is 0 Å². The highest BCUT2D eigenvalue weighted by Gasteiger charge is 2.32. The summed E-state index contributed by atoms with van der Waals surface area (Å²) in [6.07, 6.45) is -0.556. The average molecular weight is 894 g/mol. The lowest BCUT2D eigenvalue weighted by Crippen LogP contribution is -2.59. The number of carbonyl (C=O) groups is 11. The molecule has 0 heterocycles.